The van der Waals surface area contributed by atoms with Gasteiger partial charge in [-0.1, -0.05) is 78.9 Å². The number of nitrogens with one attached hydrogen (secondary N) is 1. The molecule has 5 nitrogen and oxygen atoms in total. The first-order chi connectivity index (χ1) is 16.2. The molecular weight excluding hydrogens is 408 g/mol. The lowest BCUT2D eigenvalue weighted by Gasteiger charge is -2.30. The largest absolute Gasteiger partial charge is 0.328 e. The first-order valence-electron chi connectivity index (χ1n) is 11.5. The van der Waals surface area contributed by atoms with Crippen molar-refractivity contribution in [2.45, 2.75) is 31.6 Å². The molecule has 4 aromatic rings. The predicted molar refractivity (Wildman–Crippen MR) is 131 cm³/mol. The van der Waals surface area contributed by atoms with Crippen LogP contribution in [-0.4, -0.2) is 33.6 Å². The summed E-state index contributed by atoms with van der Waals surface area (Å²) in [5.41, 5.74) is 3.92. The van der Waals surface area contributed by atoms with Gasteiger partial charge in [-0.05, 0) is 37.6 Å². The molecule has 1 aliphatic heterocycles. The van der Waals surface area contributed by atoms with Gasteiger partial charge in [-0.2, -0.15) is 0 Å². The highest BCUT2D eigenvalue weighted by atomic mass is 16.2. The lowest BCUT2D eigenvalue weighted by molar-refractivity contribution is 0.0631. The zero-order chi connectivity index (χ0) is 22.6. The minimum atomic E-state index is -0.101. The van der Waals surface area contributed by atoms with E-state index in [0.29, 0.717) is 12.1 Å². The molecule has 5 heteroatoms. The van der Waals surface area contributed by atoms with E-state index in [0.717, 1.165) is 29.9 Å². The zero-order valence-electron chi connectivity index (χ0n) is 18.8. The smallest absolute Gasteiger partial charge is 0.255 e. The molecule has 0 spiro atoms. The van der Waals surface area contributed by atoms with Gasteiger partial charge < -0.3 is 14.8 Å². The second-order valence-corrected chi connectivity index (χ2v) is 8.44. The van der Waals surface area contributed by atoms with Crippen LogP contribution < -0.4 is 5.32 Å². The summed E-state index contributed by atoms with van der Waals surface area (Å²) in [6, 6.07) is 30.1. The van der Waals surface area contributed by atoms with Gasteiger partial charge in [-0.15, -0.1) is 0 Å². The van der Waals surface area contributed by atoms with E-state index in [2.05, 4.69) is 52.5 Å². The molecule has 1 N–H and O–H groups in total. The molecule has 1 aliphatic rings. The van der Waals surface area contributed by atoms with E-state index >= 15 is 0 Å². The van der Waals surface area contributed by atoms with E-state index in [1.807, 2.05) is 66.5 Å². The Balaban J connectivity index is 1.57. The average Bonchev–Trinajstić information content (AvgIpc) is 3.49. The highest BCUT2D eigenvalue weighted by molar-refractivity contribution is 5.94. The van der Waals surface area contributed by atoms with Crippen molar-refractivity contribution >= 4 is 5.91 Å². The molecule has 1 amide bonds. The van der Waals surface area contributed by atoms with Gasteiger partial charge >= 0.3 is 0 Å². The first kappa shape index (κ1) is 21.2. The highest BCUT2D eigenvalue weighted by Gasteiger charge is 2.40. The first-order valence-corrected chi connectivity index (χ1v) is 11.5. The number of carbonyl (C=O) groups excluding carboxylic acids is 1. The number of aromatic nitrogens is 2. The molecule has 5 rings (SSSR count). The summed E-state index contributed by atoms with van der Waals surface area (Å²) in [7, 11) is 1.92. The third-order valence-corrected chi connectivity index (χ3v) is 6.34. The minimum absolute atomic E-state index is 0.0234. The third kappa shape index (κ3) is 4.32. The van der Waals surface area contributed by atoms with Crippen molar-refractivity contribution in [3.05, 3.63) is 114 Å². The van der Waals surface area contributed by atoms with Gasteiger partial charge in [0, 0.05) is 23.9 Å². The quantitative estimate of drug-likeness (QED) is 0.456. The van der Waals surface area contributed by atoms with Crippen LogP contribution in [0.15, 0.2) is 97.2 Å². The van der Waals surface area contributed by atoms with Crippen molar-refractivity contribution in [1.82, 2.24) is 19.8 Å². The maximum atomic E-state index is 13.6. The Bertz CT molecular complexity index is 1200. The molecule has 0 radical (unpaired) electrons. The lowest BCUT2D eigenvalue weighted by atomic mass is 10.1. The molecule has 3 aromatic carbocycles. The fraction of sp³-hybridized carbons (Fsp3) is 0.214. The predicted octanol–water partition coefficient (Wildman–Crippen LogP) is 5.12. The molecule has 2 atom stereocenters. The number of carbonyl (C=O) groups is 1. The van der Waals surface area contributed by atoms with Crippen molar-refractivity contribution in [3.8, 4) is 11.3 Å². The van der Waals surface area contributed by atoms with Crippen molar-refractivity contribution in [2.24, 2.45) is 0 Å². The Morgan fingerprint density at radius 1 is 0.909 bits per heavy atom. The van der Waals surface area contributed by atoms with Gasteiger partial charge in [0.1, 0.15) is 5.82 Å². The highest BCUT2D eigenvalue weighted by Crippen LogP contribution is 2.37. The fourth-order valence-electron chi connectivity index (χ4n) is 4.71. The SMILES string of the molecule is CNC1CC[C@H](c2nc(-c3ccccc3)cn2Cc2ccccc2)N1C(=O)c1ccccc1. The van der Waals surface area contributed by atoms with Crippen LogP contribution in [0, 0.1) is 0 Å². The number of benzene rings is 3. The molecule has 0 saturated carbocycles. The van der Waals surface area contributed by atoms with Crippen molar-refractivity contribution in [1.29, 1.82) is 0 Å². The Hall–Kier alpha value is -3.70. The number of amides is 1. The molecule has 1 unspecified atom stereocenters. The standard InChI is InChI=1S/C28H28N4O/c1-29-26-18-17-25(32(26)28(33)23-15-9-4-10-16-23)27-30-24(22-13-7-3-8-14-22)20-31(27)19-21-11-5-2-6-12-21/h2-16,20,25-26,29H,17-19H2,1H3/t25-,26?/m1/s1. The van der Waals surface area contributed by atoms with Crippen LogP contribution in [0.2, 0.25) is 0 Å². The summed E-state index contributed by atoms with van der Waals surface area (Å²) in [6.45, 7) is 0.712. The van der Waals surface area contributed by atoms with Crippen LogP contribution in [0.1, 0.15) is 40.6 Å². The fourth-order valence-corrected chi connectivity index (χ4v) is 4.71. The monoisotopic (exact) mass is 436 g/mol. The van der Waals surface area contributed by atoms with Crippen molar-refractivity contribution in [2.75, 3.05) is 7.05 Å². The third-order valence-electron chi connectivity index (χ3n) is 6.34. The van der Waals surface area contributed by atoms with Crippen LogP contribution in [0.25, 0.3) is 11.3 Å². The van der Waals surface area contributed by atoms with Gasteiger partial charge in [0.15, 0.2) is 0 Å². The lowest BCUT2D eigenvalue weighted by Crippen LogP contribution is -2.44. The van der Waals surface area contributed by atoms with Crippen LogP contribution in [0.5, 0.6) is 0 Å². The summed E-state index contributed by atoms with van der Waals surface area (Å²) in [6.07, 6.45) is 3.85. The van der Waals surface area contributed by atoms with Crippen LogP contribution in [0.4, 0.5) is 0 Å². The topological polar surface area (TPSA) is 50.2 Å². The summed E-state index contributed by atoms with van der Waals surface area (Å²) < 4.78 is 2.21. The van der Waals surface area contributed by atoms with E-state index in [9.17, 15) is 4.79 Å². The van der Waals surface area contributed by atoms with Crippen molar-refractivity contribution < 1.29 is 4.79 Å². The van der Waals surface area contributed by atoms with Crippen molar-refractivity contribution in [3.63, 3.8) is 0 Å². The Kier molecular flexibility index (Phi) is 6.05. The van der Waals surface area contributed by atoms with Crippen LogP contribution in [-0.2, 0) is 6.54 Å². The second-order valence-electron chi connectivity index (χ2n) is 8.44. The van der Waals surface area contributed by atoms with E-state index < -0.39 is 0 Å². The van der Waals surface area contributed by atoms with Gasteiger partial charge in [0.25, 0.3) is 5.91 Å². The van der Waals surface area contributed by atoms with E-state index in [4.69, 9.17) is 4.98 Å². The zero-order valence-corrected chi connectivity index (χ0v) is 18.8. The van der Waals surface area contributed by atoms with E-state index in [1.165, 1.54) is 5.56 Å². The summed E-state index contributed by atoms with van der Waals surface area (Å²) in [4.78, 5) is 20.7. The summed E-state index contributed by atoms with van der Waals surface area (Å²) in [5.74, 6) is 0.965. The molecule has 33 heavy (non-hydrogen) atoms. The summed E-state index contributed by atoms with van der Waals surface area (Å²) in [5, 5.41) is 3.34. The number of imidazole rings is 1. The Labute approximate surface area is 194 Å². The number of hydrogen-bond acceptors (Lipinski definition) is 3. The van der Waals surface area contributed by atoms with E-state index in [-0.39, 0.29) is 18.1 Å². The molecule has 0 bridgehead atoms. The summed E-state index contributed by atoms with van der Waals surface area (Å²) >= 11 is 0. The Morgan fingerprint density at radius 3 is 2.21 bits per heavy atom. The van der Waals surface area contributed by atoms with Gasteiger partial charge in [0.05, 0.1) is 17.9 Å². The molecular formula is C28H28N4O. The molecule has 1 aromatic heterocycles. The Morgan fingerprint density at radius 2 is 1.55 bits per heavy atom. The maximum Gasteiger partial charge on any atom is 0.255 e. The average molecular weight is 437 g/mol. The molecule has 1 saturated heterocycles. The van der Waals surface area contributed by atoms with E-state index in [1.54, 1.807) is 0 Å². The molecule has 166 valence electrons. The van der Waals surface area contributed by atoms with Gasteiger partial charge in [0.2, 0.25) is 0 Å². The molecule has 1 fully saturated rings. The van der Waals surface area contributed by atoms with Gasteiger partial charge in [-0.3, -0.25) is 4.79 Å². The van der Waals surface area contributed by atoms with Gasteiger partial charge in [-0.25, -0.2) is 4.98 Å². The maximum absolute atomic E-state index is 13.6. The molecule has 0 aliphatic carbocycles. The number of likely N-dealkylation sites (tertiary alicyclic amines) is 1. The number of rotatable bonds is 6. The van der Waals surface area contributed by atoms with Crippen LogP contribution >= 0.6 is 0 Å². The minimum Gasteiger partial charge on any atom is -0.328 e. The normalized spacial score (nSPS) is 17.9. The second kappa shape index (κ2) is 9.43. The molecule has 2 heterocycles. The van der Waals surface area contributed by atoms with Crippen LogP contribution in [0.3, 0.4) is 0 Å². The number of nitrogens with zero attached hydrogens (tertiary/aromatic N) is 3. The number of hydrogen-bond donors (Lipinski definition) is 1.